The molecule has 120 valence electrons. The summed E-state index contributed by atoms with van der Waals surface area (Å²) in [6.07, 6.45) is 0.703. The quantitative estimate of drug-likeness (QED) is 0.817. The van der Waals surface area contributed by atoms with Crippen molar-refractivity contribution in [2.24, 2.45) is 0 Å². The molecule has 0 fully saturated rings. The first-order valence-corrected chi connectivity index (χ1v) is 7.55. The van der Waals surface area contributed by atoms with Gasteiger partial charge >= 0.3 is 0 Å². The molecule has 1 aromatic carbocycles. The number of hydrogen-bond acceptors (Lipinski definition) is 3. The average Bonchev–Trinajstić information content (AvgIpc) is 2.52. The lowest BCUT2D eigenvalue weighted by molar-refractivity contribution is -0.119. The van der Waals surface area contributed by atoms with E-state index in [0.717, 1.165) is 11.8 Å². The minimum Gasteiger partial charge on any atom is -0.483 e. The molecule has 4 heteroatoms. The fourth-order valence-corrected chi connectivity index (χ4v) is 1.40. The monoisotopic (exact) mass is 295 g/mol. The van der Waals surface area contributed by atoms with E-state index in [1.165, 1.54) is 6.92 Å². The van der Waals surface area contributed by atoms with Gasteiger partial charge in [-0.2, -0.15) is 0 Å². The Kier molecular flexibility index (Phi) is 14.9. The standard InChI is InChI=1S/C13H17NO3.2C2H6/c1-10-5-3-4-6-13(10)17-12(9-15)7-8-14-11(2)16;2*1-2/h3-6,9,12H,7-8H2,1-2H3,(H,14,16);2*1-2H3. The second kappa shape index (κ2) is 14.6. The Labute approximate surface area is 128 Å². The third kappa shape index (κ3) is 10.6. The summed E-state index contributed by atoms with van der Waals surface area (Å²) in [6.45, 7) is 11.8. The van der Waals surface area contributed by atoms with Gasteiger partial charge in [-0.15, -0.1) is 0 Å². The minimum atomic E-state index is -0.525. The third-order valence-corrected chi connectivity index (χ3v) is 2.33. The molecule has 1 unspecified atom stereocenters. The van der Waals surface area contributed by atoms with Crippen molar-refractivity contribution in [1.82, 2.24) is 5.32 Å². The van der Waals surface area contributed by atoms with Crippen LogP contribution in [0.25, 0.3) is 0 Å². The number of amides is 1. The summed E-state index contributed by atoms with van der Waals surface area (Å²) >= 11 is 0. The predicted octanol–water partition coefficient (Wildman–Crippen LogP) is 3.52. The van der Waals surface area contributed by atoms with E-state index in [-0.39, 0.29) is 5.91 Å². The zero-order chi connectivity index (χ0) is 16.7. The maximum absolute atomic E-state index is 10.9. The molecule has 0 saturated carbocycles. The molecule has 0 heterocycles. The number of aldehydes is 1. The van der Waals surface area contributed by atoms with Crippen molar-refractivity contribution < 1.29 is 14.3 Å². The van der Waals surface area contributed by atoms with Crippen LogP contribution in [0.4, 0.5) is 0 Å². The van der Waals surface area contributed by atoms with Crippen molar-refractivity contribution in [3.63, 3.8) is 0 Å². The molecule has 0 spiro atoms. The fourth-order valence-electron chi connectivity index (χ4n) is 1.40. The summed E-state index contributed by atoms with van der Waals surface area (Å²) in [7, 11) is 0. The van der Waals surface area contributed by atoms with Crippen LogP contribution in [0.15, 0.2) is 24.3 Å². The van der Waals surface area contributed by atoms with Crippen LogP contribution < -0.4 is 10.1 Å². The van der Waals surface area contributed by atoms with Crippen LogP contribution in [0.1, 0.15) is 46.6 Å². The van der Waals surface area contributed by atoms with Crippen LogP contribution in [-0.4, -0.2) is 24.8 Å². The second-order valence-corrected chi connectivity index (χ2v) is 3.83. The largest absolute Gasteiger partial charge is 0.483 e. The zero-order valence-electron chi connectivity index (χ0n) is 14.1. The van der Waals surface area contributed by atoms with Gasteiger partial charge < -0.3 is 10.1 Å². The normalized spacial score (nSPS) is 10.0. The van der Waals surface area contributed by atoms with Gasteiger partial charge in [-0.05, 0) is 18.6 Å². The maximum atomic E-state index is 10.9. The zero-order valence-corrected chi connectivity index (χ0v) is 14.1. The highest BCUT2D eigenvalue weighted by Crippen LogP contribution is 2.18. The van der Waals surface area contributed by atoms with Crippen LogP contribution >= 0.6 is 0 Å². The molecule has 1 atom stereocenters. The van der Waals surface area contributed by atoms with Gasteiger partial charge in [-0.3, -0.25) is 9.59 Å². The molecule has 0 saturated heterocycles. The summed E-state index contributed by atoms with van der Waals surface area (Å²) in [4.78, 5) is 21.5. The summed E-state index contributed by atoms with van der Waals surface area (Å²) < 4.78 is 5.56. The number of aryl methyl sites for hydroxylation is 1. The number of carbonyl (C=O) groups excluding carboxylic acids is 2. The minimum absolute atomic E-state index is 0.106. The van der Waals surface area contributed by atoms with E-state index in [0.29, 0.717) is 18.7 Å². The van der Waals surface area contributed by atoms with E-state index in [9.17, 15) is 9.59 Å². The van der Waals surface area contributed by atoms with E-state index in [4.69, 9.17) is 4.74 Å². The SMILES string of the molecule is CC.CC.CC(=O)NCCC(C=O)Oc1ccccc1C. The van der Waals surface area contributed by atoms with Gasteiger partial charge in [0.25, 0.3) is 0 Å². The fraction of sp³-hybridized carbons (Fsp3) is 0.529. The smallest absolute Gasteiger partial charge is 0.216 e. The first kappa shape index (κ1) is 21.5. The van der Waals surface area contributed by atoms with Gasteiger partial charge in [0.05, 0.1) is 0 Å². The van der Waals surface area contributed by atoms with Gasteiger partial charge in [0.2, 0.25) is 5.91 Å². The first-order valence-electron chi connectivity index (χ1n) is 7.55. The molecule has 0 bridgehead atoms. The summed E-state index contributed by atoms with van der Waals surface area (Å²) in [6, 6.07) is 7.52. The third-order valence-electron chi connectivity index (χ3n) is 2.33. The first-order chi connectivity index (χ1) is 10.1. The molecule has 21 heavy (non-hydrogen) atoms. The topological polar surface area (TPSA) is 55.4 Å². The lowest BCUT2D eigenvalue weighted by Gasteiger charge is -2.15. The van der Waals surface area contributed by atoms with Gasteiger partial charge in [0.1, 0.15) is 5.75 Å². The van der Waals surface area contributed by atoms with Crippen molar-refractivity contribution in [2.45, 2.75) is 54.1 Å². The van der Waals surface area contributed by atoms with Crippen LogP contribution in [-0.2, 0) is 9.59 Å². The molecule has 0 aliphatic rings. The Hall–Kier alpha value is -1.84. The number of ether oxygens (including phenoxy) is 1. The van der Waals surface area contributed by atoms with Gasteiger partial charge in [-0.25, -0.2) is 0 Å². The van der Waals surface area contributed by atoms with E-state index in [1.807, 2.05) is 58.9 Å². The van der Waals surface area contributed by atoms with Crippen LogP contribution in [0, 0.1) is 6.92 Å². The van der Waals surface area contributed by atoms with Crippen molar-refractivity contribution in [3.8, 4) is 5.75 Å². The maximum Gasteiger partial charge on any atom is 0.216 e. The van der Waals surface area contributed by atoms with Gasteiger partial charge in [0.15, 0.2) is 12.4 Å². The Bertz CT molecular complexity index is 391. The molecule has 0 aliphatic heterocycles. The molecule has 0 radical (unpaired) electrons. The molecule has 4 nitrogen and oxygen atoms in total. The van der Waals surface area contributed by atoms with E-state index >= 15 is 0 Å². The van der Waals surface area contributed by atoms with Crippen LogP contribution in [0.3, 0.4) is 0 Å². The van der Waals surface area contributed by atoms with Crippen LogP contribution in [0.5, 0.6) is 5.75 Å². The Balaban J connectivity index is 0. The molecule has 1 N–H and O–H groups in total. The van der Waals surface area contributed by atoms with Crippen molar-refractivity contribution >= 4 is 12.2 Å². The Morgan fingerprint density at radius 3 is 2.29 bits per heavy atom. The second-order valence-electron chi connectivity index (χ2n) is 3.83. The van der Waals surface area contributed by atoms with Crippen molar-refractivity contribution in [2.75, 3.05) is 6.54 Å². The van der Waals surface area contributed by atoms with Crippen LogP contribution in [0.2, 0.25) is 0 Å². The number of para-hydroxylation sites is 1. The number of nitrogens with one attached hydrogen (secondary N) is 1. The number of rotatable bonds is 6. The summed E-state index contributed by atoms with van der Waals surface area (Å²) in [5, 5.41) is 2.63. The molecule has 1 rings (SSSR count). The number of hydrogen-bond donors (Lipinski definition) is 1. The average molecular weight is 295 g/mol. The lowest BCUT2D eigenvalue weighted by atomic mass is 10.2. The highest BCUT2D eigenvalue weighted by molar-refractivity contribution is 5.72. The highest BCUT2D eigenvalue weighted by Gasteiger charge is 2.10. The van der Waals surface area contributed by atoms with Crippen molar-refractivity contribution in [1.29, 1.82) is 0 Å². The van der Waals surface area contributed by atoms with Gasteiger partial charge in [0, 0.05) is 19.9 Å². The molecule has 0 aliphatic carbocycles. The molecular formula is C17H29NO3. The molecule has 1 aromatic rings. The van der Waals surface area contributed by atoms with Crippen molar-refractivity contribution in [3.05, 3.63) is 29.8 Å². The Morgan fingerprint density at radius 1 is 1.24 bits per heavy atom. The highest BCUT2D eigenvalue weighted by atomic mass is 16.5. The Morgan fingerprint density at radius 2 is 1.81 bits per heavy atom. The molecular weight excluding hydrogens is 266 g/mol. The molecule has 1 amide bonds. The summed E-state index contributed by atoms with van der Waals surface area (Å²) in [5.41, 5.74) is 0.985. The number of carbonyl (C=O) groups is 2. The lowest BCUT2D eigenvalue weighted by Crippen LogP contribution is -2.28. The van der Waals surface area contributed by atoms with E-state index < -0.39 is 6.10 Å². The van der Waals surface area contributed by atoms with E-state index in [2.05, 4.69) is 5.32 Å². The molecule has 0 aromatic heterocycles. The predicted molar refractivity (Wildman–Crippen MR) is 87.7 cm³/mol. The van der Waals surface area contributed by atoms with Gasteiger partial charge in [-0.1, -0.05) is 45.9 Å². The summed E-state index contributed by atoms with van der Waals surface area (Å²) in [5.74, 6) is 0.595. The number of benzene rings is 1. The van der Waals surface area contributed by atoms with E-state index in [1.54, 1.807) is 0 Å².